The van der Waals surface area contributed by atoms with Crippen LogP contribution in [0.4, 0.5) is 0 Å². The van der Waals surface area contributed by atoms with Crippen molar-refractivity contribution in [3.8, 4) is 0 Å². The SMILES string of the molecule is CCCc1cc(C(=O)N2CCO[C@@H](c3cc(C(N)=O)c4ccccc4n3)C2)no1. The maximum absolute atomic E-state index is 12.8. The Kier molecular flexibility index (Phi) is 5.26. The van der Waals surface area contributed by atoms with Gasteiger partial charge in [-0.3, -0.25) is 9.59 Å². The number of morpholine rings is 1. The van der Waals surface area contributed by atoms with Crippen LogP contribution in [0.25, 0.3) is 10.9 Å². The first-order valence-corrected chi connectivity index (χ1v) is 9.62. The fraction of sp³-hybridized carbons (Fsp3) is 0.333. The van der Waals surface area contributed by atoms with E-state index in [4.69, 9.17) is 15.0 Å². The molecule has 8 heteroatoms. The maximum atomic E-state index is 12.8. The molecular weight excluding hydrogens is 372 g/mol. The van der Waals surface area contributed by atoms with Gasteiger partial charge in [-0.05, 0) is 18.6 Å². The molecule has 0 spiro atoms. The van der Waals surface area contributed by atoms with Crippen molar-refractivity contribution in [2.45, 2.75) is 25.9 Å². The molecule has 1 fully saturated rings. The average molecular weight is 394 g/mol. The lowest BCUT2D eigenvalue weighted by molar-refractivity contribution is -0.0249. The molecule has 1 aliphatic heterocycles. The van der Waals surface area contributed by atoms with E-state index in [2.05, 4.69) is 10.1 Å². The Morgan fingerprint density at radius 2 is 2.10 bits per heavy atom. The number of carbonyl (C=O) groups excluding carboxylic acids is 2. The lowest BCUT2D eigenvalue weighted by atomic mass is 10.0. The summed E-state index contributed by atoms with van der Waals surface area (Å²) in [6, 6.07) is 10.6. The number of primary amides is 1. The van der Waals surface area contributed by atoms with Crippen molar-refractivity contribution in [2.75, 3.05) is 19.7 Å². The topological polar surface area (TPSA) is 112 Å². The Morgan fingerprint density at radius 3 is 2.90 bits per heavy atom. The Hall–Kier alpha value is -3.26. The van der Waals surface area contributed by atoms with E-state index in [0.717, 1.165) is 12.8 Å². The van der Waals surface area contributed by atoms with Crippen LogP contribution in [-0.2, 0) is 11.2 Å². The molecule has 0 aliphatic carbocycles. The molecule has 3 heterocycles. The van der Waals surface area contributed by atoms with E-state index >= 15 is 0 Å². The summed E-state index contributed by atoms with van der Waals surface area (Å²) < 4.78 is 11.1. The van der Waals surface area contributed by atoms with Gasteiger partial charge in [0.25, 0.3) is 5.91 Å². The number of hydrogen-bond donors (Lipinski definition) is 1. The molecule has 0 bridgehead atoms. The summed E-state index contributed by atoms with van der Waals surface area (Å²) >= 11 is 0. The standard InChI is InChI=1S/C21H22N4O4/c1-2-5-13-10-18(24-29-13)21(27)25-8-9-28-19(12-25)17-11-15(20(22)26)14-6-3-4-7-16(14)23-17/h3-4,6-7,10-11,19H,2,5,8-9,12H2,1H3,(H2,22,26)/t19-/m1/s1. The van der Waals surface area contributed by atoms with Crippen LogP contribution in [0.5, 0.6) is 0 Å². The van der Waals surface area contributed by atoms with Gasteiger partial charge in [-0.2, -0.15) is 0 Å². The van der Waals surface area contributed by atoms with Crippen molar-refractivity contribution in [3.63, 3.8) is 0 Å². The van der Waals surface area contributed by atoms with E-state index in [-0.39, 0.29) is 5.91 Å². The number of pyridine rings is 1. The molecule has 8 nitrogen and oxygen atoms in total. The first kappa shape index (κ1) is 19.1. The van der Waals surface area contributed by atoms with Gasteiger partial charge in [0, 0.05) is 24.4 Å². The third-order valence-corrected chi connectivity index (χ3v) is 4.96. The number of nitrogens with zero attached hydrogens (tertiary/aromatic N) is 3. The Morgan fingerprint density at radius 1 is 1.28 bits per heavy atom. The van der Waals surface area contributed by atoms with E-state index in [1.807, 2.05) is 31.2 Å². The number of carbonyl (C=O) groups is 2. The van der Waals surface area contributed by atoms with Crippen LogP contribution in [0, 0.1) is 0 Å². The Labute approximate surface area is 167 Å². The molecule has 0 saturated carbocycles. The van der Waals surface area contributed by atoms with Gasteiger partial charge in [-0.15, -0.1) is 0 Å². The molecule has 1 aliphatic rings. The summed E-state index contributed by atoms with van der Waals surface area (Å²) in [6.07, 6.45) is 1.19. The minimum Gasteiger partial charge on any atom is -0.368 e. The van der Waals surface area contributed by atoms with Gasteiger partial charge >= 0.3 is 0 Å². The number of ether oxygens (including phenoxy) is 1. The summed E-state index contributed by atoms with van der Waals surface area (Å²) in [5.74, 6) is -0.0390. The smallest absolute Gasteiger partial charge is 0.276 e. The van der Waals surface area contributed by atoms with Crippen molar-refractivity contribution in [2.24, 2.45) is 5.73 Å². The summed E-state index contributed by atoms with van der Waals surface area (Å²) in [6.45, 7) is 3.14. The minimum atomic E-state index is -0.528. The van der Waals surface area contributed by atoms with E-state index in [1.165, 1.54) is 0 Å². The Balaban J connectivity index is 1.59. The van der Waals surface area contributed by atoms with Gasteiger partial charge in [0.2, 0.25) is 5.91 Å². The van der Waals surface area contributed by atoms with E-state index in [1.54, 1.807) is 17.0 Å². The van der Waals surface area contributed by atoms with Crippen LogP contribution < -0.4 is 5.73 Å². The summed E-state index contributed by atoms with van der Waals surface area (Å²) in [7, 11) is 0. The first-order chi connectivity index (χ1) is 14.1. The van der Waals surface area contributed by atoms with E-state index < -0.39 is 12.0 Å². The lowest BCUT2D eigenvalue weighted by Crippen LogP contribution is -2.42. The average Bonchev–Trinajstić information content (AvgIpc) is 3.21. The Bertz CT molecular complexity index is 1060. The number of fused-ring (bicyclic) bond motifs is 1. The van der Waals surface area contributed by atoms with Crippen molar-refractivity contribution in [1.82, 2.24) is 15.0 Å². The molecule has 1 aromatic carbocycles. The number of aromatic nitrogens is 2. The molecule has 3 aromatic rings. The van der Waals surface area contributed by atoms with Crippen LogP contribution in [-0.4, -0.2) is 46.6 Å². The molecule has 2 aromatic heterocycles. The molecule has 150 valence electrons. The molecular formula is C21H22N4O4. The highest BCUT2D eigenvalue weighted by atomic mass is 16.5. The molecule has 2 amide bonds. The number of nitrogens with two attached hydrogens (primary N) is 1. The van der Waals surface area contributed by atoms with Gasteiger partial charge in [-0.25, -0.2) is 4.98 Å². The van der Waals surface area contributed by atoms with Gasteiger partial charge in [0.15, 0.2) is 5.69 Å². The highest BCUT2D eigenvalue weighted by Gasteiger charge is 2.29. The van der Waals surface area contributed by atoms with Crippen molar-refractivity contribution < 1.29 is 18.8 Å². The highest BCUT2D eigenvalue weighted by Crippen LogP contribution is 2.26. The number of para-hydroxylation sites is 1. The largest absolute Gasteiger partial charge is 0.368 e. The zero-order chi connectivity index (χ0) is 20.4. The highest BCUT2D eigenvalue weighted by molar-refractivity contribution is 6.05. The zero-order valence-corrected chi connectivity index (χ0v) is 16.1. The number of benzene rings is 1. The van der Waals surface area contributed by atoms with Gasteiger partial charge in [0.1, 0.15) is 11.9 Å². The van der Waals surface area contributed by atoms with Crippen LogP contribution in [0.15, 0.2) is 40.9 Å². The number of aryl methyl sites for hydroxylation is 1. The first-order valence-electron chi connectivity index (χ1n) is 9.62. The third kappa shape index (κ3) is 3.84. The monoisotopic (exact) mass is 394 g/mol. The number of hydrogen-bond acceptors (Lipinski definition) is 6. The predicted octanol–water partition coefficient (Wildman–Crippen LogP) is 2.49. The fourth-order valence-corrected chi connectivity index (χ4v) is 3.52. The maximum Gasteiger partial charge on any atom is 0.276 e. The second-order valence-electron chi connectivity index (χ2n) is 7.02. The molecule has 1 saturated heterocycles. The predicted molar refractivity (Wildman–Crippen MR) is 105 cm³/mol. The summed E-state index contributed by atoms with van der Waals surface area (Å²) in [5.41, 5.74) is 7.47. The molecule has 0 unspecified atom stereocenters. The number of rotatable bonds is 5. The van der Waals surface area contributed by atoms with Gasteiger partial charge in [0.05, 0.1) is 29.9 Å². The second-order valence-corrected chi connectivity index (χ2v) is 7.02. The lowest BCUT2D eigenvalue weighted by Gasteiger charge is -2.32. The van der Waals surface area contributed by atoms with Gasteiger partial charge in [-0.1, -0.05) is 30.3 Å². The minimum absolute atomic E-state index is 0.208. The second kappa shape index (κ2) is 8.00. The van der Waals surface area contributed by atoms with E-state index in [9.17, 15) is 9.59 Å². The fourth-order valence-electron chi connectivity index (χ4n) is 3.52. The van der Waals surface area contributed by atoms with Crippen molar-refractivity contribution >= 4 is 22.7 Å². The van der Waals surface area contributed by atoms with Crippen LogP contribution in [0.2, 0.25) is 0 Å². The quantitative estimate of drug-likeness (QED) is 0.712. The summed E-state index contributed by atoms with van der Waals surface area (Å²) in [4.78, 5) is 31.1. The molecule has 4 rings (SSSR count). The molecule has 2 N–H and O–H groups in total. The number of amides is 2. The molecule has 1 atom stereocenters. The summed E-state index contributed by atoms with van der Waals surface area (Å²) in [5, 5.41) is 4.60. The normalized spacial score (nSPS) is 16.9. The van der Waals surface area contributed by atoms with E-state index in [0.29, 0.717) is 53.3 Å². The van der Waals surface area contributed by atoms with Crippen LogP contribution in [0.1, 0.15) is 51.7 Å². The van der Waals surface area contributed by atoms with Gasteiger partial charge < -0.3 is 19.9 Å². The van der Waals surface area contributed by atoms with Crippen molar-refractivity contribution in [1.29, 1.82) is 0 Å². The zero-order valence-electron chi connectivity index (χ0n) is 16.1. The third-order valence-electron chi connectivity index (χ3n) is 4.96. The molecule has 29 heavy (non-hydrogen) atoms. The van der Waals surface area contributed by atoms with Crippen LogP contribution >= 0.6 is 0 Å². The molecule has 0 radical (unpaired) electrons. The van der Waals surface area contributed by atoms with Crippen LogP contribution in [0.3, 0.4) is 0 Å². The van der Waals surface area contributed by atoms with Crippen molar-refractivity contribution in [3.05, 3.63) is 59.1 Å².